The highest BCUT2D eigenvalue weighted by Crippen LogP contribution is 2.24. The van der Waals surface area contributed by atoms with Gasteiger partial charge in [0.05, 0.1) is 0 Å². The van der Waals surface area contributed by atoms with E-state index in [2.05, 4.69) is 0 Å². The summed E-state index contributed by atoms with van der Waals surface area (Å²) >= 11 is 0. The maximum atomic E-state index is 11.7. The normalized spacial score (nSPS) is 20.7. The number of nitrogens with zero attached hydrogens (tertiary/aromatic N) is 1. The third-order valence-corrected chi connectivity index (χ3v) is 2.57. The van der Waals surface area contributed by atoms with Gasteiger partial charge in [0.1, 0.15) is 5.92 Å². The van der Waals surface area contributed by atoms with Crippen molar-refractivity contribution in [2.24, 2.45) is 5.92 Å². The quantitative estimate of drug-likeness (QED) is 0.736. The van der Waals surface area contributed by atoms with E-state index in [1.165, 1.54) is 4.90 Å². The van der Waals surface area contributed by atoms with Crippen LogP contribution in [0.2, 0.25) is 0 Å². The predicted molar refractivity (Wildman–Crippen MR) is 54.5 cm³/mol. The highest BCUT2D eigenvalue weighted by atomic mass is 16.4. The molecule has 0 aromatic heterocycles. The molecule has 1 atom stereocenters. The van der Waals surface area contributed by atoms with E-state index in [-0.39, 0.29) is 5.91 Å². The lowest BCUT2D eigenvalue weighted by molar-refractivity contribution is -0.144. The minimum absolute atomic E-state index is 0.311. The van der Waals surface area contributed by atoms with Crippen molar-refractivity contribution in [1.29, 1.82) is 0 Å². The molecule has 1 aliphatic rings. The van der Waals surface area contributed by atoms with E-state index < -0.39 is 11.9 Å². The summed E-state index contributed by atoms with van der Waals surface area (Å²) in [6.07, 6.45) is 0.392. The van der Waals surface area contributed by atoms with Crippen molar-refractivity contribution in [1.82, 2.24) is 0 Å². The number of amides is 1. The topological polar surface area (TPSA) is 57.6 Å². The van der Waals surface area contributed by atoms with Crippen LogP contribution in [0.4, 0.5) is 5.69 Å². The Morgan fingerprint density at radius 3 is 2.53 bits per heavy atom. The summed E-state index contributed by atoms with van der Waals surface area (Å²) in [5.74, 6) is -2.21. The van der Waals surface area contributed by atoms with Gasteiger partial charge in [0.2, 0.25) is 5.91 Å². The molecule has 0 unspecified atom stereocenters. The first-order valence-electron chi connectivity index (χ1n) is 4.79. The number of rotatable bonds is 2. The molecule has 0 radical (unpaired) electrons. The summed E-state index contributed by atoms with van der Waals surface area (Å²) in [7, 11) is 0. The molecule has 1 aliphatic heterocycles. The summed E-state index contributed by atoms with van der Waals surface area (Å²) in [5, 5.41) is 8.80. The van der Waals surface area contributed by atoms with Gasteiger partial charge in [-0.2, -0.15) is 0 Å². The highest BCUT2D eigenvalue weighted by Gasteiger charge is 2.37. The van der Waals surface area contributed by atoms with Crippen LogP contribution in [-0.4, -0.2) is 23.5 Å². The Balaban J connectivity index is 2.21. The number of benzene rings is 1. The number of carbonyl (C=O) groups excluding carboxylic acids is 1. The van der Waals surface area contributed by atoms with E-state index in [0.717, 1.165) is 5.69 Å². The maximum absolute atomic E-state index is 11.7. The van der Waals surface area contributed by atoms with E-state index in [1.54, 1.807) is 0 Å². The van der Waals surface area contributed by atoms with Crippen LogP contribution in [0.15, 0.2) is 30.3 Å². The minimum atomic E-state index is -1.03. The van der Waals surface area contributed by atoms with E-state index in [9.17, 15) is 9.59 Å². The summed E-state index contributed by atoms with van der Waals surface area (Å²) in [6, 6.07) is 9.14. The lowest BCUT2D eigenvalue weighted by Gasteiger charge is -2.15. The summed E-state index contributed by atoms with van der Waals surface area (Å²) in [6.45, 7) is 0.486. The number of anilines is 1. The van der Waals surface area contributed by atoms with E-state index >= 15 is 0 Å². The van der Waals surface area contributed by atoms with Gasteiger partial charge in [-0.1, -0.05) is 18.2 Å². The van der Waals surface area contributed by atoms with Crippen LogP contribution < -0.4 is 4.90 Å². The fraction of sp³-hybridized carbons (Fsp3) is 0.273. The highest BCUT2D eigenvalue weighted by molar-refractivity contribution is 6.07. The largest absolute Gasteiger partial charge is 0.481 e. The van der Waals surface area contributed by atoms with Gasteiger partial charge in [0.15, 0.2) is 0 Å². The number of hydrogen-bond donors (Lipinski definition) is 1. The monoisotopic (exact) mass is 205 g/mol. The van der Waals surface area contributed by atoms with Gasteiger partial charge in [-0.05, 0) is 18.6 Å². The van der Waals surface area contributed by atoms with Crippen LogP contribution in [0.3, 0.4) is 0 Å². The van der Waals surface area contributed by atoms with Gasteiger partial charge in [-0.3, -0.25) is 9.59 Å². The number of carboxylic acids is 1. The molecule has 0 spiro atoms. The fourth-order valence-electron chi connectivity index (χ4n) is 1.77. The Labute approximate surface area is 87.1 Å². The fourth-order valence-corrected chi connectivity index (χ4v) is 1.77. The Kier molecular flexibility index (Phi) is 2.41. The second-order valence-corrected chi connectivity index (χ2v) is 3.50. The molecular weight excluding hydrogens is 194 g/mol. The molecule has 78 valence electrons. The molecule has 2 rings (SSSR count). The van der Waals surface area contributed by atoms with Crippen molar-refractivity contribution >= 4 is 17.6 Å². The predicted octanol–water partition coefficient (Wildman–Crippen LogP) is 1.12. The zero-order valence-electron chi connectivity index (χ0n) is 8.09. The van der Waals surface area contributed by atoms with Gasteiger partial charge in [-0.25, -0.2) is 0 Å². The third-order valence-electron chi connectivity index (χ3n) is 2.57. The minimum Gasteiger partial charge on any atom is -0.481 e. The van der Waals surface area contributed by atoms with E-state index in [4.69, 9.17) is 5.11 Å². The van der Waals surface area contributed by atoms with Crippen LogP contribution in [0.5, 0.6) is 0 Å². The van der Waals surface area contributed by atoms with Crippen LogP contribution in [0.25, 0.3) is 0 Å². The van der Waals surface area contributed by atoms with Crippen molar-refractivity contribution in [2.75, 3.05) is 11.4 Å². The SMILES string of the molecule is O=C(O)[C@H]1CCN(c2ccccc2)C1=O. The smallest absolute Gasteiger partial charge is 0.316 e. The molecule has 1 aromatic rings. The van der Waals surface area contributed by atoms with Crippen LogP contribution in [0, 0.1) is 5.92 Å². The number of carboxylic acid groups (broad SMARTS) is 1. The van der Waals surface area contributed by atoms with Crippen molar-refractivity contribution in [2.45, 2.75) is 6.42 Å². The molecule has 15 heavy (non-hydrogen) atoms. The van der Waals surface area contributed by atoms with Gasteiger partial charge < -0.3 is 10.0 Å². The number of carbonyl (C=O) groups is 2. The Bertz CT molecular complexity index is 388. The summed E-state index contributed by atoms with van der Waals surface area (Å²) in [5.41, 5.74) is 0.770. The van der Waals surface area contributed by atoms with Crippen LogP contribution in [0.1, 0.15) is 6.42 Å². The van der Waals surface area contributed by atoms with Crippen molar-refractivity contribution in [3.8, 4) is 0 Å². The zero-order chi connectivity index (χ0) is 10.8. The lowest BCUT2D eigenvalue weighted by Crippen LogP contribution is -2.29. The van der Waals surface area contributed by atoms with Crippen molar-refractivity contribution < 1.29 is 14.7 Å². The Morgan fingerprint density at radius 2 is 2.00 bits per heavy atom. The standard InChI is InChI=1S/C11H11NO3/c13-10-9(11(14)15)6-7-12(10)8-4-2-1-3-5-8/h1-5,9H,6-7H2,(H,14,15)/t9-/m0/s1. The lowest BCUT2D eigenvalue weighted by atomic mass is 10.1. The Hall–Kier alpha value is -1.84. The van der Waals surface area contributed by atoms with Gasteiger partial charge in [0.25, 0.3) is 0 Å². The van der Waals surface area contributed by atoms with E-state index in [0.29, 0.717) is 13.0 Å². The molecule has 0 saturated carbocycles. The molecule has 4 nitrogen and oxygen atoms in total. The molecule has 4 heteroatoms. The average Bonchev–Trinajstić information content (AvgIpc) is 2.61. The first kappa shape index (κ1) is 9.71. The van der Waals surface area contributed by atoms with Gasteiger partial charge in [0, 0.05) is 12.2 Å². The molecular formula is C11H11NO3. The molecule has 1 fully saturated rings. The molecule has 0 bridgehead atoms. The zero-order valence-corrected chi connectivity index (χ0v) is 8.09. The second-order valence-electron chi connectivity index (χ2n) is 3.50. The number of aliphatic carboxylic acids is 1. The summed E-state index contributed by atoms with van der Waals surface area (Å²) in [4.78, 5) is 24.0. The van der Waals surface area contributed by atoms with E-state index in [1.807, 2.05) is 30.3 Å². The van der Waals surface area contributed by atoms with Gasteiger partial charge in [-0.15, -0.1) is 0 Å². The molecule has 1 heterocycles. The number of para-hydroxylation sites is 1. The Morgan fingerprint density at radius 1 is 1.33 bits per heavy atom. The van der Waals surface area contributed by atoms with Gasteiger partial charge >= 0.3 is 5.97 Å². The molecule has 1 N–H and O–H groups in total. The van der Waals surface area contributed by atoms with Crippen LogP contribution in [-0.2, 0) is 9.59 Å². The first-order valence-corrected chi connectivity index (χ1v) is 4.79. The molecule has 1 saturated heterocycles. The average molecular weight is 205 g/mol. The third kappa shape index (κ3) is 1.70. The van der Waals surface area contributed by atoms with Crippen LogP contribution >= 0.6 is 0 Å². The molecule has 1 amide bonds. The first-order chi connectivity index (χ1) is 7.20. The van der Waals surface area contributed by atoms with Crippen molar-refractivity contribution in [3.63, 3.8) is 0 Å². The summed E-state index contributed by atoms with van der Waals surface area (Å²) < 4.78 is 0. The maximum Gasteiger partial charge on any atom is 0.316 e. The number of hydrogen-bond acceptors (Lipinski definition) is 2. The molecule has 0 aliphatic carbocycles. The molecule has 1 aromatic carbocycles. The second kappa shape index (κ2) is 3.73. The van der Waals surface area contributed by atoms with Crippen molar-refractivity contribution in [3.05, 3.63) is 30.3 Å².